The minimum absolute atomic E-state index is 0.348. The van der Waals surface area contributed by atoms with Gasteiger partial charge in [0.05, 0.1) is 21.4 Å². The minimum Gasteiger partial charge on any atom is -0.397 e. The predicted octanol–water partition coefficient (Wildman–Crippen LogP) is 3.52. The Labute approximate surface area is 121 Å². The molecule has 0 aliphatic heterocycles. The monoisotopic (exact) mass is 330 g/mol. The van der Waals surface area contributed by atoms with Crippen molar-refractivity contribution >= 4 is 27.3 Å². The molecule has 0 saturated heterocycles. The lowest BCUT2D eigenvalue weighted by molar-refractivity contribution is 0.00502. The van der Waals surface area contributed by atoms with Gasteiger partial charge in [0.1, 0.15) is 5.82 Å². The van der Waals surface area contributed by atoms with E-state index < -0.39 is 5.60 Å². The van der Waals surface area contributed by atoms with Crippen LogP contribution in [0.25, 0.3) is 0 Å². The van der Waals surface area contributed by atoms with Crippen LogP contribution >= 0.6 is 15.9 Å². The van der Waals surface area contributed by atoms with E-state index in [9.17, 15) is 9.50 Å². The third-order valence-corrected chi connectivity index (χ3v) is 4.51. The number of nitrogens with two attached hydrogens (primary N) is 1. The van der Waals surface area contributed by atoms with Crippen LogP contribution in [-0.4, -0.2) is 17.3 Å². The summed E-state index contributed by atoms with van der Waals surface area (Å²) in [6.07, 6.45) is 3.62. The Morgan fingerprint density at radius 1 is 1.47 bits per heavy atom. The van der Waals surface area contributed by atoms with Gasteiger partial charge in [-0.25, -0.2) is 4.39 Å². The van der Waals surface area contributed by atoms with Gasteiger partial charge in [-0.1, -0.05) is 6.92 Å². The van der Waals surface area contributed by atoms with Crippen LogP contribution in [0.15, 0.2) is 16.6 Å². The summed E-state index contributed by atoms with van der Waals surface area (Å²) in [7, 11) is 0. The second-order valence-corrected chi connectivity index (χ2v) is 6.47. The van der Waals surface area contributed by atoms with Crippen LogP contribution < -0.4 is 11.1 Å². The Balaban J connectivity index is 2.01. The largest absolute Gasteiger partial charge is 0.397 e. The molecule has 0 bridgehead atoms. The highest BCUT2D eigenvalue weighted by Crippen LogP contribution is 2.33. The van der Waals surface area contributed by atoms with Crippen LogP contribution in [0.4, 0.5) is 15.8 Å². The van der Waals surface area contributed by atoms with Gasteiger partial charge in [-0.05, 0) is 53.6 Å². The van der Waals surface area contributed by atoms with E-state index in [1.54, 1.807) is 0 Å². The first-order valence-corrected chi connectivity index (χ1v) is 7.40. The SMILES string of the molecule is CC1CCC(O)(CNc2cc(F)c(Br)cc2N)CC1. The average Bonchev–Trinajstić information content (AvgIpc) is 2.36. The van der Waals surface area contributed by atoms with Gasteiger partial charge in [-0.15, -0.1) is 0 Å². The van der Waals surface area contributed by atoms with Gasteiger partial charge >= 0.3 is 0 Å². The lowest BCUT2D eigenvalue weighted by atomic mass is 9.79. The Hall–Kier alpha value is -0.810. The molecule has 0 amide bonds. The Bertz CT molecular complexity index is 459. The van der Waals surface area contributed by atoms with Crippen molar-refractivity contribution in [2.75, 3.05) is 17.6 Å². The number of halogens is 2. The third kappa shape index (κ3) is 3.60. The Morgan fingerprint density at radius 3 is 2.74 bits per heavy atom. The van der Waals surface area contributed by atoms with Gasteiger partial charge < -0.3 is 16.2 Å². The van der Waals surface area contributed by atoms with Crippen molar-refractivity contribution in [1.29, 1.82) is 0 Å². The van der Waals surface area contributed by atoms with E-state index in [4.69, 9.17) is 5.73 Å². The van der Waals surface area contributed by atoms with Crippen molar-refractivity contribution in [1.82, 2.24) is 0 Å². The molecule has 1 fully saturated rings. The number of hydrogen-bond donors (Lipinski definition) is 3. The van der Waals surface area contributed by atoms with E-state index in [1.807, 2.05) is 0 Å². The molecule has 4 N–H and O–H groups in total. The van der Waals surface area contributed by atoms with Gasteiger partial charge in [0.15, 0.2) is 0 Å². The first kappa shape index (κ1) is 14.6. The molecule has 3 nitrogen and oxygen atoms in total. The molecular formula is C14H20BrFN2O. The van der Waals surface area contributed by atoms with E-state index in [0.717, 1.165) is 25.7 Å². The molecule has 106 valence electrons. The molecule has 0 radical (unpaired) electrons. The predicted molar refractivity (Wildman–Crippen MR) is 79.6 cm³/mol. The van der Waals surface area contributed by atoms with E-state index in [1.165, 1.54) is 12.1 Å². The summed E-state index contributed by atoms with van der Waals surface area (Å²) in [4.78, 5) is 0. The molecule has 1 aromatic carbocycles. The molecule has 2 rings (SSSR count). The van der Waals surface area contributed by atoms with Crippen LogP contribution in [0.2, 0.25) is 0 Å². The molecule has 1 aromatic rings. The molecule has 1 aliphatic carbocycles. The summed E-state index contributed by atoms with van der Waals surface area (Å²) >= 11 is 3.09. The number of aliphatic hydroxyl groups is 1. The molecular weight excluding hydrogens is 311 g/mol. The summed E-state index contributed by atoms with van der Waals surface area (Å²) in [6, 6.07) is 2.89. The Kier molecular flexibility index (Phi) is 4.36. The van der Waals surface area contributed by atoms with Gasteiger partial charge in [-0.2, -0.15) is 0 Å². The standard InChI is InChI=1S/C14H20BrFN2O/c1-9-2-4-14(19,5-3-9)8-18-13-7-11(16)10(15)6-12(13)17/h6-7,9,18-19H,2-5,8,17H2,1H3. The topological polar surface area (TPSA) is 58.3 Å². The van der Waals surface area contributed by atoms with Crippen molar-refractivity contribution in [3.63, 3.8) is 0 Å². The van der Waals surface area contributed by atoms with E-state index >= 15 is 0 Å². The number of anilines is 2. The molecule has 5 heteroatoms. The number of nitrogen functional groups attached to an aromatic ring is 1. The van der Waals surface area contributed by atoms with Gasteiger partial charge in [-0.3, -0.25) is 0 Å². The average molecular weight is 331 g/mol. The summed E-state index contributed by atoms with van der Waals surface area (Å²) < 4.78 is 13.8. The normalized spacial score (nSPS) is 27.3. The molecule has 0 heterocycles. The maximum Gasteiger partial charge on any atom is 0.139 e. The van der Waals surface area contributed by atoms with Crippen LogP contribution in [-0.2, 0) is 0 Å². The van der Waals surface area contributed by atoms with Crippen molar-refractivity contribution in [3.05, 3.63) is 22.4 Å². The second kappa shape index (κ2) is 5.67. The number of hydrogen-bond acceptors (Lipinski definition) is 3. The number of nitrogens with one attached hydrogen (secondary N) is 1. The highest BCUT2D eigenvalue weighted by atomic mass is 79.9. The van der Waals surface area contributed by atoms with Crippen molar-refractivity contribution < 1.29 is 9.50 Å². The molecule has 0 unspecified atom stereocenters. The zero-order valence-corrected chi connectivity index (χ0v) is 12.6. The van der Waals surface area contributed by atoms with Crippen molar-refractivity contribution in [3.8, 4) is 0 Å². The molecule has 19 heavy (non-hydrogen) atoms. The molecule has 1 saturated carbocycles. The fraction of sp³-hybridized carbons (Fsp3) is 0.571. The molecule has 1 aliphatic rings. The van der Waals surface area contributed by atoms with Crippen LogP contribution in [0.3, 0.4) is 0 Å². The number of rotatable bonds is 3. The molecule has 0 aromatic heterocycles. The highest BCUT2D eigenvalue weighted by Gasteiger charge is 2.31. The number of benzene rings is 1. The zero-order chi connectivity index (χ0) is 14.0. The zero-order valence-electron chi connectivity index (χ0n) is 11.0. The van der Waals surface area contributed by atoms with Crippen LogP contribution in [0.1, 0.15) is 32.6 Å². The molecule has 0 atom stereocenters. The summed E-state index contributed by atoms with van der Waals surface area (Å²) in [5.74, 6) is 0.316. The maximum atomic E-state index is 13.5. The van der Waals surface area contributed by atoms with Gasteiger partial charge in [0.2, 0.25) is 0 Å². The smallest absolute Gasteiger partial charge is 0.139 e. The van der Waals surface area contributed by atoms with E-state index in [0.29, 0.717) is 28.3 Å². The van der Waals surface area contributed by atoms with E-state index in [2.05, 4.69) is 28.2 Å². The van der Waals surface area contributed by atoms with Crippen molar-refractivity contribution in [2.24, 2.45) is 5.92 Å². The lowest BCUT2D eigenvalue weighted by Crippen LogP contribution is -2.40. The van der Waals surface area contributed by atoms with Crippen LogP contribution in [0, 0.1) is 11.7 Å². The first-order valence-electron chi connectivity index (χ1n) is 6.60. The maximum absolute atomic E-state index is 13.5. The highest BCUT2D eigenvalue weighted by molar-refractivity contribution is 9.10. The molecule has 0 spiro atoms. The van der Waals surface area contributed by atoms with Crippen LogP contribution in [0.5, 0.6) is 0 Å². The fourth-order valence-corrected chi connectivity index (χ4v) is 2.81. The summed E-state index contributed by atoms with van der Waals surface area (Å²) in [5, 5.41) is 13.5. The van der Waals surface area contributed by atoms with Gasteiger partial charge in [0, 0.05) is 12.6 Å². The fourth-order valence-electron chi connectivity index (χ4n) is 2.45. The summed E-state index contributed by atoms with van der Waals surface area (Å²) in [5.41, 5.74) is 6.13. The minimum atomic E-state index is -0.706. The van der Waals surface area contributed by atoms with Gasteiger partial charge in [0.25, 0.3) is 0 Å². The lowest BCUT2D eigenvalue weighted by Gasteiger charge is -2.35. The first-order chi connectivity index (χ1) is 8.89. The van der Waals surface area contributed by atoms with Crippen molar-refractivity contribution in [2.45, 2.75) is 38.2 Å². The van der Waals surface area contributed by atoms with E-state index in [-0.39, 0.29) is 5.82 Å². The quantitative estimate of drug-likeness (QED) is 0.743. The second-order valence-electron chi connectivity index (χ2n) is 5.61. The Morgan fingerprint density at radius 2 is 2.11 bits per heavy atom. The third-order valence-electron chi connectivity index (χ3n) is 3.91. The summed E-state index contributed by atoms with van der Waals surface area (Å²) in [6.45, 7) is 2.61.